The van der Waals surface area contributed by atoms with Gasteiger partial charge in [0.05, 0.1) is 22.4 Å². The van der Waals surface area contributed by atoms with E-state index in [9.17, 15) is 0 Å². The molecule has 0 unspecified atom stereocenters. The average molecular weight is 454 g/mol. The van der Waals surface area contributed by atoms with Crippen LogP contribution in [0.1, 0.15) is 0 Å². The summed E-state index contributed by atoms with van der Waals surface area (Å²) in [6, 6.07) is 23.8. The van der Waals surface area contributed by atoms with Crippen molar-refractivity contribution in [2.45, 2.75) is 0 Å². The topological polar surface area (TPSA) is 49.4 Å². The average Bonchev–Trinajstić information content (AvgIpc) is 3.69. The molecule has 0 atom stereocenters. The van der Waals surface area contributed by atoms with Crippen LogP contribution >= 0.6 is 0 Å². The van der Waals surface area contributed by atoms with Gasteiger partial charge in [-0.05, 0) is 36.4 Å². The van der Waals surface area contributed by atoms with E-state index in [1.165, 1.54) is 16.3 Å². The third-order valence-electron chi connectivity index (χ3n) is 6.78. The number of imidazole rings is 4. The third-order valence-corrected chi connectivity index (χ3v) is 6.78. The minimum atomic E-state index is 0.892. The molecule has 5 heterocycles. The van der Waals surface area contributed by atoms with Crippen LogP contribution in [0.15, 0.2) is 116 Å². The van der Waals surface area contributed by atoms with E-state index < -0.39 is 0 Å². The zero-order valence-corrected chi connectivity index (χ0v) is 18.6. The van der Waals surface area contributed by atoms with Crippen molar-refractivity contribution < 1.29 is 0 Å². The fourth-order valence-electron chi connectivity index (χ4n) is 5.20. The fourth-order valence-corrected chi connectivity index (χ4v) is 5.20. The largest absolute Gasteiger partial charge is 0.309 e. The molecule has 0 aliphatic rings. The second-order valence-corrected chi connectivity index (χ2v) is 8.68. The maximum atomic E-state index is 4.53. The van der Waals surface area contributed by atoms with E-state index in [0.29, 0.717) is 0 Å². The number of nitrogens with zero attached hydrogens (tertiary/aromatic N) is 7. The van der Waals surface area contributed by atoms with E-state index >= 15 is 0 Å². The lowest BCUT2D eigenvalue weighted by Gasteiger charge is -2.11. The van der Waals surface area contributed by atoms with Gasteiger partial charge in [0.2, 0.25) is 11.6 Å². The van der Waals surface area contributed by atoms with Crippen LogP contribution in [-0.2, 0) is 0 Å². The summed E-state index contributed by atoms with van der Waals surface area (Å²) in [6.45, 7) is 0. The van der Waals surface area contributed by atoms with Crippen LogP contribution in [0.3, 0.4) is 0 Å². The van der Waals surface area contributed by atoms with Gasteiger partial charge in [-0.2, -0.15) is 0 Å². The van der Waals surface area contributed by atoms with E-state index in [1.54, 1.807) is 0 Å². The molecule has 0 N–H and O–H groups in total. The van der Waals surface area contributed by atoms with Crippen LogP contribution in [0.2, 0.25) is 0 Å². The molecule has 166 valence electrons. The highest BCUT2D eigenvalue weighted by Gasteiger charge is 2.15. The highest BCUT2D eigenvalue weighted by Crippen LogP contribution is 2.34. The lowest BCUT2D eigenvalue weighted by atomic mass is 10.1. The Labute approximate surface area is 199 Å². The number of hydrogen-bond acceptors (Lipinski definition) is 2. The minimum absolute atomic E-state index is 0.892. The zero-order valence-electron chi connectivity index (χ0n) is 18.6. The SMILES string of the molecule is c1cc(-n2ccn3ccnc23)cc(-n2c3ccccc3c3ccc(-n4ccn5ccnc45)cc32)c1. The van der Waals surface area contributed by atoms with Crippen molar-refractivity contribution in [3.8, 4) is 17.1 Å². The Balaban J connectivity index is 1.40. The molecule has 8 aromatic rings. The van der Waals surface area contributed by atoms with Crippen LogP contribution in [0.25, 0.3) is 50.4 Å². The van der Waals surface area contributed by atoms with Gasteiger partial charge in [-0.25, -0.2) is 9.97 Å². The predicted octanol–water partition coefficient (Wildman–Crippen LogP) is 5.66. The summed E-state index contributed by atoms with van der Waals surface area (Å²) in [5, 5.41) is 2.45. The lowest BCUT2D eigenvalue weighted by Crippen LogP contribution is -1.99. The van der Waals surface area contributed by atoms with E-state index in [1.807, 2.05) is 52.2 Å². The van der Waals surface area contributed by atoms with Crippen molar-refractivity contribution in [3.63, 3.8) is 0 Å². The van der Waals surface area contributed by atoms with Gasteiger partial charge < -0.3 is 4.57 Å². The zero-order chi connectivity index (χ0) is 22.9. The maximum Gasteiger partial charge on any atom is 0.218 e. The van der Waals surface area contributed by atoms with Gasteiger partial charge in [0.15, 0.2) is 0 Å². The van der Waals surface area contributed by atoms with Gasteiger partial charge in [0.25, 0.3) is 0 Å². The van der Waals surface area contributed by atoms with Crippen LogP contribution in [0.4, 0.5) is 0 Å². The second-order valence-electron chi connectivity index (χ2n) is 8.68. The Bertz CT molecular complexity index is 2020. The number of benzene rings is 3. The van der Waals surface area contributed by atoms with Crippen molar-refractivity contribution >= 4 is 33.4 Å². The third kappa shape index (κ3) is 2.54. The van der Waals surface area contributed by atoms with Crippen molar-refractivity contribution in [1.82, 2.24) is 32.5 Å². The molecule has 7 heteroatoms. The molecule has 5 aromatic heterocycles. The van der Waals surface area contributed by atoms with E-state index in [4.69, 9.17) is 0 Å². The normalized spacial score (nSPS) is 12.0. The molecule has 0 bridgehead atoms. The molecular weight excluding hydrogens is 434 g/mol. The molecule has 0 aliphatic carbocycles. The summed E-state index contributed by atoms with van der Waals surface area (Å²) in [7, 11) is 0. The molecule has 3 aromatic carbocycles. The van der Waals surface area contributed by atoms with Crippen LogP contribution in [-0.4, -0.2) is 32.5 Å². The Hall–Kier alpha value is -5.04. The summed E-state index contributed by atoms with van der Waals surface area (Å²) in [5.41, 5.74) is 5.56. The standard InChI is InChI=1S/C28H19N7/c1-2-7-25-23(6-1)24-9-8-21(34-17-15-32-13-11-30-28(32)34)19-26(24)35(25)22-5-3-4-20(18-22)33-16-14-31-12-10-29-27(31)33/h1-19H. The smallest absolute Gasteiger partial charge is 0.218 e. The molecule has 0 radical (unpaired) electrons. The number of fused-ring (bicyclic) bond motifs is 5. The van der Waals surface area contributed by atoms with Gasteiger partial charge in [0.1, 0.15) is 0 Å². The lowest BCUT2D eigenvalue weighted by molar-refractivity contribution is 1.06. The van der Waals surface area contributed by atoms with Gasteiger partial charge in [-0.15, -0.1) is 0 Å². The fraction of sp³-hybridized carbons (Fsp3) is 0. The summed E-state index contributed by atoms with van der Waals surface area (Å²) in [5.74, 6) is 1.79. The number of aromatic nitrogens is 7. The molecule has 0 spiro atoms. The molecule has 0 aliphatic heterocycles. The number of para-hydroxylation sites is 1. The highest BCUT2D eigenvalue weighted by atomic mass is 15.2. The Morgan fingerprint density at radius 3 is 1.91 bits per heavy atom. The summed E-state index contributed by atoms with van der Waals surface area (Å²) in [4.78, 5) is 9.04. The van der Waals surface area contributed by atoms with Crippen LogP contribution in [0, 0.1) is 0 Å². The van der Waals surface area contributed by atoms with Crippen molar-refractivity contribution in [1.29, 1.82) is 0 Å². The second kappa shape index (κ2) is 6.74. The first-order valence-electron chi connectivity index (χ1n) is 11.5. The first-order valence-corrected chi connectivity index (χ1v) is 11.5. The quantitative estimate of drug-likeness (QED) is 0.347. The van der Waals surface area contributed by atoms with Crippen LogP contribution in [0.5, 0.6) is 0 Å². The molecule has 0 saturated heterocycles. The van der Waals surface area contributed by atoms with Gasteiger partial charge in [-0.1, -0.05) is 30.3 Å². The van der Waals surface area contributed by atoms with E-state index in [-0.39, 0.29) is 0 Å². The maximum absolute atomic E-state index is 4.53. The predicted molar refractivity (Wildman–Crippen MR) is 137 cm³/mol. The van der Waals surface area contributed by atoms with E-state index in [0.717, 1.165) is 34.1 Å². The molecular formula is C28H19N7. The number of hydrogen-bond donors (Lipinski definition) is 0. The van der Waals surface area contributed by atoms with Crippen molar-refractivity contribution in [3.05, 3.63) is 116 Å². The van der Waals surface area contributed by atoms with Crippen LogP contribution < -0.4 is 0 Å². The van der Waals surface area contributed by atoms with Crippen molar-refractivity contribution in [2.24, 2.45) is 0 Å². The van der Waals surface area contributed by atoms with Gasteiger partial charge in [0, 0.05) is 66.0 Å². The number of rotatable bonds is 3. The summed E-state index contributed by atoms with van der Waals surface area (Å²) < 4.78 is 10.6. The molecule has 0 fully saturated rings. The summed E-state index contributed by atoms with van der Waals surface area (Å²) in [6.07, 6.45) is 15.7. The first-order chi connectivity index (χ1) is 17.3. The minimum Gasteiger partial charge on any atom is -0.309 e. The van der Waals surface area contributed by atoms with E-state index in [2.05, 4.69) is 96.6 Å². The molecule has 8 rings (SSSR count). The first kappa shape index (κ1) is 18.4. The Morgan fingerprint density at radius 1 is 0.486 bits per heavy atom. The van der Waals surface area contributed by atoms with Gasteiger partial charge in [-0.3, -0.25) is 17.9 Å². The molecule has 35 heavy (non-hydrogen) atoms. The Morgan fingerprint density at radius 2 is 1.14 bits per heavy atom. The van der Waals surface area contributed by atoms with Gasteiger partial charge >= 0.3 is 0 Å². The molecule has 0 saturated carbocycles. The molecule has 0 amide bonds. The highest BCUT2D eigenvalue weighted by molar-refractivity contribution is 6.09. The molecule has 7 nitrogen and oxygen atoms in total. The van der Waals surface area contributed by atoms with Crippen molar-refractivity contribution in [2.75, 3.05) is 0 Å². The Kier molecular flexibility index (Phi) is 3.54. The monoisotopic (exact) mass is 453 g/mol. The summed E-state index contributed by atoms with van der Waals surface area (Å²) >= 11 is 0.